The number of hydrogen-bond donors (Lipinski definition) is 1. The van der Waals surface area contributed by atoms with Gasteiger partial charge in [-0.3, -0.25) is 14.7 Å². The predicted octanol–water partition coefficient (Wildman–Crippen LogP) is 2.17. The highest BCUT2D eigenvalue weighted by molar-refractivity contribution is 5.53. The monoisotopic (exact) mass is 366 g/mol. The highest BCUT2D eigenvalue weighted by atomic mass is 16.5. The number of aromatic amines is 1. The van der Waals surface area contributed by atoms with Crippen molar-refractivity contribution in [3.05, 3.63) is 69.8 Å². The van der Waals surface area contributed by atoms with Crippen LogP contribution >= 0.6 is 0 Å². The van der Waals surface area contributed by atoms with Gasteiger partial charge in [-0.2, -0.15) is 0 Å². The van der Waals surface area contributed by atoms with E-state index < -0.39 is 0 Å². The molecule has 0 aromatic carbocycles. The number of nitrogens with one attached hydrogen (secondary N) is 1. The number of furan rings is 1. The van der Waals surface area contributed by atoms with Crippen LogP contribution < -0.4 is 5.56 Å². The van der Waals surface area contributed by atoms with Crippen molar-refractivity contribution in [3.8, 4) is 11.4 Å². The summed E-state index contributed by atoms with van der Waals surface area (Å²) in [7, 11) is 1.65. The second-order valence-corrected chi connectivity index (χ2v) is 6.65. The fourth-order valence-electron chi connectivity index (χ4n) is 3.41. The summed E-state index contributed by atoms with van der Waals surface area (Å²) in [5, 5.41) is 0. The van der Waals surface area contributed by atoms with Crippen LogP contribution in [0.1, 0.15) is 22.8 Å². The molecule has 1 aliphatic heterocycles. The molecule has 1 N–H and O–H groups in total. The number of methoxy groups -OCH3 is 1. The van der Waals surface area contributed by atoms with Crippen molar-refractivity contribution in [1.82, 2.24) is 19.9 Å². The predicted molar refractivity (Wildman–Crippen MR) is 100 cm³/mol. The molecule has 4 rings (SSSR count). The normalized spacial score (nSPS) is 14.7. The van der Waals surface area contributed by atoms with Gasteiger partial charge in [0.15, 0.2) is 0 Å². The van der Waals surface area contributed by atoms with Gasteiger partial charge < -0.3 is 14.1 Å². The van der Waals surface area contributed by atoms with Crippen molar-refractivity contribution < 1.29 is 9.15 Å². The van der Waals surface area contributed by atoms with Gasteiger partial charge in [0, 0.05) is 50.1 Å². The number of ether oxygens (including phenoxy) is 1. The Hall–Kier alpha value is -2.77. The average Bonchev–Trinajstić information content (AvgIpc) is 3.01. The maximum absolute atomic E-state index is 12.6. The van der Waals surface area contributed by atoms with E-state index in [2.05, 4.69) is 14.9 Å². The van der Waals surface area contributed by atoms with E-state index in [9.17, 15) is 4.79 Å². The molecule has 3 aromatic heterocycles. The molecule has 1 aliphatic rings. The Morgan fingerprint density at radius 2 is 1.93 bits per heavy atom. The third-order valence-electron chi connectivity index (χ3n) is 4.78. The Kier molecular flexibility index (Phi) is 5.13. The summed E-state index contributed by atoms with van der Waals surface area (Å²) in [6.45, 7) is 2.82. The lowest BCUT2D eigenvalue weighted by Crippen LogP contribution is -2.26. The maximum Gasteiger partial charge on any atom is 0.254 e. The number of fused-ring (bicyclic) bond motifs is 1. The molecule has 0 amide bonds. The zero-order chi connectivity index (χ0) is 18.6. The van der Waals surface area contributed by atoms with Crippen LogP contribution in [0.15, 0.2) is 45.9 Å². The number of aromatic nitrogens is 3. The van der Waals surface area contributed by atoms with E-state index >= 15 is 0 Å². The van der Waals surface area contributed by atoms with Gasteiger partial charge in [0.05, 0.1) is 12.2 Å². The Labute approximate surface area is 157 Å². The summed E-state index contributed by atoms with van der Waals surface area (Å²) in [5.74, 6) is 2.34. The van der Waals surface area contributed by atoms with Crippen LogP contribution in [0, 0.1) is 0 Å². The van der Waals surface area contributed by atoms with Crippen LogP contribution in [0.25, 0.3) is 11.4 Å². The summed E-state index contributed by atoms with van der Waals surface area (Å²) in [4.78, 5) is 26.5. The molecule has 0 atom stereocenters. The standard InChI is InChI=1S/C20H22N4O3/c1-26-13-16-3-2-15(27-16)12-24-10-6-17-18(7-11-24)22-19(23-20(17)25)14-4-8-21-9-5-14/h2-5,8-9H,6-7,10-13H2,1H3,(H,22,23,25). The minimum atomic E-state index is -0.0472. The number of hydrogen-bond acceptors (Lipinski definition) is 6. The quantitative estimate of drug-likeness (QED) is 0.745. The second kappa shape index (κ2) is 7.85. The summed E-state index contributed by atoms with van der Waals surface area (Å²) in [5.41, 5.74) is 2.49. The van der Waals surface area contributed by atoms with Crippen molar-refractivity contribution >= 4 is 0 Å². The van der Waals surface area contributed by atoms with Crippen LogP contribution in [0.5, 0.6) is 0 Å². The molecule has 7 nitrogen and oxygen atoms in total. The van der Waals surface area contributed by atoms with Crippen LogP contribution in [0.2, 0.25) is 0 Å². The molecule has 7 heteroatoms. The van der Waals surface area contributed by atoms with Crippen molar-refractivity contribution in [2.45, 2.75) is 26.0 Å². The summed E-state index contributed by atoms with van der Waals surface area (Å²) in [6.07, 6.45) is 4.82. The number of rotatable bonds is 5. The molecule has 3 aromatic rings. The molecule has 0 radical (unpaired) electrons. The molecule has 27 heavy (non-hydrogen) atoms. The minimum absolute atomic E-state index is 0.0472. The Balaban J connectivity index is 1.50. The first-order valence-electron chi connectivity index (χ1n) is 9.04. The first-order chi connectivity index (χ1) is 13.2. The Morgan fingerprint density at radius 1 is 1.15 bits per heavy atom. The molecular formula is C20H22N4O3. The topological polar surface area (TPSA) is 84.2 Å². The SMILES string of the molecule is COCc1ccc(CN2CCc3nc(-c4ccncc4)[nH]c(=O)c3CC2)o1. The Bertz CT molecular complexity index is 965. The van der Waals surface area contributed by atoms with Crippen LogP contribution in [0.4, 0.5) is 0 Å². The van der Waals surface area contributed by atoms with Gasteiger partial charge in [-0.25, -0.2) is 4.98 Å². The number of nitrogens with zero attached hydrogens (tertiary/aromatic N) is 3. The molecule has 0 spiro atoms. The first-order valence-corrected chi connectivity index (χ1v) is 9.04. The number of H-pyrrole nitrogens is 1. The largest absolute Gasteiger partial charge is 0.462 e. The van der Waals surface area contributed by atoms with Crippen molar-refractivity contribution in [1.29, 1.82) is 0 Å². The van der Waals surface area contributed by atoms with Crippen molar-refractivity contribution in [2.24, 2.45) is 0 Å². The molecule has 0 bridgehead atoms. The molecule has 140 valence electrons. The molecule has 0 fully saturated rings. The molecule has 0 unspecified atom stereocenters. The third kappa shape index (κ3) is 3.99. The van der Waals surface area contributed by atoms with E-state index in [1.807, 2.05) is 24.3 Å². The van der Waals surface area contributed by atoms with Crippen molar-refractivity contribution in [2.75, 3.05) is 20.2 Å². The molecular weight excluding hydrogens is 344 g/mol. The highest BCUT2D eigenvalue weighted by Gasteiger charge is 2.20. The Morgan fingerprint density at radius 3 is 2.74 bits per heavy atom. The summed E-state index contributed by atoms with van der Waals surface area (Å²) < 4.78 is 10.9. The van der Waals surface area contributed by atoms with Crippen molar-refractivity contribution in [3.63, 3.8) is 0 Å². The lowest BCUT2D eigenvalue weighted by molar-refractivity contribution is 0.159. The molecule has 0 aliphatic carbocycles. The number of pyridine rings is 1. The lowest BCUT2D eigenvalue weighted by atomic mass is 10.1. The first kappa shape index (κ1) is 17.6. The second-order valence-electron chi connectivity index (χ2n) is 6.65. The van der Waals surface area contributed by atoms with Gasteiger partial charge in [-0.15, -0.1) is 0 Å². The minimum Gasteiger partial charge on any atom is -0.462 e. The highest BCUT2D eigenvalue weighted by Crippen LogP contribution is 2.18. The van der Waals surface area contributed by atoms with E-state index in [0.29, 0.717) is 25.4 Å². The molecule has 4 heterocycles. The smallest absolute Gasteiger partial charge is 0.254 e. The average molecular weight is 366 g/mol. The fourth-order valence-corrected chi connectivity index (χ4v) is 3.41. The van der Waals surface area contributed by atoms with Crippen LogP contribution in [0.3, 0.4) is 0 Å². The zero-order valence-electron chi connectivity index (χ0n) is 15.3. The lowest BCUT2D eigenvalue weighted by Gasteiger charge is -2.17. The van der Waals surface area contributed by atoms with Gasteiger partial charge in [0.1, 0.15) is 24.0 Å². The van der Waals surface area contributed by atoms with E-state index in [1.165, 1.54) is 0 Å². The van der Waals surface area contributed by atoms with Gasteiger partial charge >= 0.3 is 0 Å². The fraction of sp³-hybridized carbons (Fsp3) is 0.350. The van der Waals surface area contributed by atoms with Gasteiger partial charge in [-0.05, 0) is 30.7 Å². The van der Waals surface area contributed by atoms with Crippen LogP contribution in [-0.2, 0) is 30.7 Å². The van der Waals surface area contributed by atoms with Gasteiger partial charge in [0.2, 0.25) is 0 Å². The van der Waals surface area contributed by atoms with E-state index in [1.54, 1.807) is 19.5 Å². The van der Waals surface area contributed by atoms with Crippen LogP contribution in [-0.4, -0.2) is 40.1 Å². The van der Waals surface area contributed by atoms with E-state index in [4.69, 9.17) is 14.1 Å². The molecule has 0 saturated carbocycles. The van der Waals surface area contributed by atoms with E-state index in [-0.39, 0.29) is 5.56 Å². The molecule has 0 saturated heterocycles. The third-order valence-corrected chi connectivity index (χ3v) is 4.78. The summed E-state index contributed by atoms with van der Waals surface area (Å²) >= 11 is 0. The van der Waals surface area contributed by atoms with Gasteiger partial charge in [-0.1, -0.05) is 0 Å². The zero-order valence-corrected chi connectivity index (χ0v) is 15.3. The van der Waals surface area contributed by atoms with E-state index in [0.717, 1.165) is 47.9 Å². The van der Waals surface area contributed by atoms with Gasteiger partial charge in [0.25, 0.3) is 5.56 Å². The maximum atomic E-state index is 12.6. The summed E-state index contributed by atoms with van der Waals surface area (Å²) in [6, 6.07) is 7.63.